The minimum atomic E-state index is -1.77. The minimum absolute atomic E-state index is 0.0450. The molecule has 13 nitrogen and oxygen atoms in total. The summed E-state index contributed by atoms with van der Waals surface area (Å²) in [7, 11) is 0. The number of fused-ring (bicyclic) bond motifs is 3. The standard InChI is InChI=1S/C32H50O13/c1-13-9-32(10-15-8-18-16(21(13)17(15)7-14(32)2)5-4-6-31(18,3)30(40)41)45-29-27(25(38)23(36)20(12-34)43-29)44-28-26(39)24(37)22(35)19(11-33)42-28/h13,15-29,33-39H,2,4-12H2,1,3H3,(H,40,41)/t13-,15?,16?,17?,18?,19+,20+,21?,22+,23+,24-,25-,26+,27+,28-,29-,31+,32-/m0/s1. The van der Waals surface area contributed by atoms with Crippen molar-refractivity contribution >= 4 is 5.97 Å². The zero-order chi connectivity index (χ0) is 32.6. The molecule has 2 aliphatic heterocycles. The van der Waals surface area contributed by atoms with Crippen LogP contribution in [0, 0.1) is 40.9 Å². The molecule has 7 fully saturated rings. The first-order chi connectivity index (χ1) is 21.3. The van der Waals surface area contributed by atoms with Crippen LogP contribution in [-0.4, -0.2) is 127 Å². The molecule has 8 N–H and O–H groups in total. The van der Waals surface area contributed by atoms with Crippen molar-refractivity contribution in [1.29, 1.82) is 0 Å². The molecule has 0 spiro atoms. The minimum Gasteiger partial charge on any atom is -0.481 e. The molecule has 5 saturated carbocycles. The maximum absolute atomic E-state index is 12.6. The second-order valence-corrected chi connectivity index (χ2v) is 14.9. The van der Waals surface area contributed by atoms with Crippen LogP contribution >= 0.6 is 0 Å². The number of hydrogen-bond acceptors (Lipinski definition) is 12. The number of aliphatic hydroxyl groups excluding tert-OH is 7. The van der Waals surface area contributed by atoms with Crippen LogP contribution in [0.15, 0.2) is 12.2 Å². The molecule has 5 unspecified atom stereocenters. The fraction of sp³-hybridized carbons (Fsp3) is 0.906. The van der Waals surface area contributed by atoms with Gasteiger partial charge in [-0.15, -0.1) is 0 Å². The average Bonchev–Trinajstić information content (AvgIpc) is 3.15. The van der Waals surface area contributed by atoms with Gasteiger partial charge in [-0.1, -0.05) is 19.9 Å². The molecule has 18 atom stereocenters. The number of carboxylic acid groups (broad SMARTS) is 1. The van der Waals surface area contributed by atoms with Crippen LogP contribution in [0.3, 0.4) is 0 Å². The molecule has 5 aliphatic carbocycles. The van der Waals surface area contributed by atoms with Crippen molar-refractivity contribution in [2.24, 2.45) is 40.9 Å². The highest BCUT2D eigenvalue weighted by Gasteiger charge is 2.63. The highest BCUT2D eigenvalue weighted by Crippen LogP contribution is 2.65. The molecule has 7 aliphatic rings. The van der Waals surface area contributed by atoms with E-state index < -0.39 is 91.6 Å². The van der Waals surface area contributed by atoms with Crippen molar-refractivity contribution < 1.29 is 64.6 Å². The quantitative estimate of drug-likeness (QED) is 0.130. The largest absolute Gasteiger partial charge is 0.481 e. The van der Waals surface area contributed by atoms with E-state index in [0.717, 1.165) is 24.8 Å². The highest BCUT2D eigenvalue weighted by molar-refractivity contribution is 5.74. The summed E-state index contributed by atoms with van der Waals surface area (Å²) in [6, 6.07) is 0. The van der Waals surface area contributed by atoms with Crippen LogP contribution < -0.4 is 0 Å². The second kappa shape index (κ2) is 12.3. The zero-order valence-electron chi connectivity index (χ0n) is 25.9. The summed E-state index contributed by atoms with van der Waals surface area (Å²) in [6.45, 7) is 7.23. The lowest BCUT2D eigenvalue weighted by atomic mass is 9.48. The Morgan fingerprint density at radius 3 is 2.22 bits per heavy atom. The maximum Gasteiger partial charge on any atom is 0.309 e. The van der Waals surface area contributed by atoms with Gasteiger partial charge >= 0.3 is 5.97 Å². The van der Waals surface area contributed by atoms with Crippen LogP contribution in [0.1, 0.15) is 58.8 Å². The number of ether oxygens (including phenoxy) is 4. The molecule has 4 bridgehead atoms. The summed E-state index contributed by atoms with van der Waals surface area (Å²) >= 11 is 0. The topological polar surface area (TPSA) is 216 Å². The van der Waals surface area contributed by atoms with E-state index in [1.54, 1.807) is 0 Å². The van der Waals surface area contributed by atoms with E-state index in [4.69, 9.17) is 18.9 Å². The fourth-order valence-electron chi connectivity index (χ4n) is 10.2. The number of rotatable bonds is 7. The van der Waals surface area contributed by atoms with Gasteiger partial charge in [0.05, 0.1) is 24.2 Å². The molecule has 0 aromatic carbocycles. The first-order valence-corrected chi connectivity index (χ1v) is 16.4. The Hall–Kier alpha value is -1.23. The van der Waals surface area contributed by atoms with Gasteiger partial charge in [0, 0.05) is 0 Å². The van der Waals surface area contributed by atoms with E-state index in [-0.39, 0.29) is 23.7 Å². The van der Waals surface area contributed by atoms with E-state index in [1.807, 2.05) is 6.92 Å². The lowest BCUT2D eigenvalue weighted by molar-refractivity contribution is -0.378. The zero-order valence-corrected chi connectivity index (χ0v) is 25.9. The molecule has 0 radical (unpaired) electrons. The maximum atomic E-state index is 12.6. The Morgan fingerprint density at radius 1 is 0.933 bits per heavy atom. The normalized spacial score (nSPS) is 54.7. The lowest BCUT2D eigenvalue weighted by Gasteiger charge is -2.57. The van der Waals surface area contributed by atoms with Crippen LogP contribution in [0.25, 0.3) is 0 Å². The van der Waals surface area contributed by atoms with Gasteiger partial charge in [0.15, 0.2) is 12.6 Å². The predicted octanol–water partition coefficient (Wildman–Crippen LogP) is -0.485. The second-order valence-electron chi connectivity index (χ2n) is 14.9. The summed E-state index contributed by atoms with van der Waals surface area (Å²) in [4.78, 5) is 12.6. The fourth-order valence-corrected chi connectivity index (χ4v) is 10.2. The molecule has 13 heteroatoms. The molecule has 2 heterocycles. The smallest absolute Gasteiger partial charge is 0.309 e. The SMILES string of the molecule is C=C1CC2C3CC4C(CCC[C@@]4(C)C(=O)O)C2[C@@H](C)C[C@]1(O[C@@H]1O[C@H](CO)[C@@H](O)[C@H](O)[C@H]1O[C@@H]1O[C@H](CO)[C@@H](O)[C@H](O)[C@H]1O)C3. The Labute approximate surface area is 262 Å². The summed E-state index contributed by atoms with van der Waals surface area (Å²) in [5.74, 6) is 0.543. The van der Waals surface area contributed by atoms with Crippen LogP contribution in [0.4, 0.5) is 0 Å². The van der Waals surface area contributed by atoms with Crippen molar-refractivity contribution in [3.8, 4) is 0 Å². The Kier molecular flexibility index (Phi) is 9.23. The van der Waals surface area contributed by atoms with Crippen molar-refractivity contribution in [3.05, 3.63) is 12.2 Å². The van der Waals surface area contributed by atoms with Crippen molar-refractivity contribution in [1.82, 2.24) is 0 Å². The Bertz CT molecular complexity index is 1120. The molecule has 256 valence electrons. The van der Waals surface area contributed by atoms with Gasteiger partial charge in [-0.25, -0.2) is 0 Å². The number of aliphatic hydroxyl groups is 7. The molecular weight excluding hydrogens is 592 g/mol. The summed E-state index contributed by atoms with van der Waals surface area (Å²) < 4.78 is 24.3. The molecule has 0 aromatic rings. The van der Waals surface area contributed by atoms with Crippen molar-refractivity contribution in [2.75, 3.05) is 13.2 Å². The van der Waals surface area contributed by atoms with Crippen molar-refractivity contribution in [2.45, 2.75) is 126 Å². The number of carboxylic acids is 1. The Balaban J connectivity index is 1.30. The highest BCUT2D eigenvalue weighted by atomic mass is 16.8. The van der Waals surface area contributed by atoms with E-state index in [2.05, 4.69) is 13.5 Å². The van der Waals surface area contributed by atoms with E-state index in [9.17, 15) is 45.6 Å². The van der Waals surface area contributed by atoms with E-state index in [1.165, 1.54) is 0 Å². The van der Waals surface area contributed by atoms with Crippen molar-refractivity contribution in [3.63, 3.8) is 0 Å². The lowest BCUT2D eigenvalue weighted by Crippen LogP contribution is -2.65. The van der Waals surface area contributed by atoms with Crippen LogP contribution in [-0.2, 0) is 23.7 Å². The number of carbonyl (C=O) groups is 1. The summed E-state index contributed by atoms with van der Waals surface area (Å²) in [6.07, 6.45) is -10.2. The third-order valence-electron chi connectivity index (χ3n) is 12.5. The molecule has 7 rings (SSSR count). The molecule has 0 aromatic heterocycles. The third kappa shape index (κ3) is 5.40. The number of aliphatic carboxylic acids is 1. The molecule has 2 saturated heterocycles. The molecule has 0 amide bonds. The van der Waals surface area contributed by atoms with E-state index in [0.29, 0.717) is 37.5 Å². The Morgan fingerprint density at radius 2 is 1.58 bits per heavy atom. The third-order valence-corrected chi connectivity index (χ3v) is 12.5. The first-order valence-electron chi connectivity index (χ1n) is 16.4. The van der Waals surface area contributed by atoms with Crippen LogP contribution in [0.2, 0.25) is 0 Å². The summed E-state index contributed by atoms with van der Waals surface area (Å²) in [5.41, 5.74) is -0.865. The van der Waals surface area contributed by atoms with Gasteiger partial charge in [0.1, 0.15) is 48.8 Å². The van der Waals surface area contributed by atoms with Gasteiger partial charge < -0.3 is 59.8 Å². The van der Waals surface area contributed by atoms with Gasteiger partial charge in [0.2, 0.25) is 0 Å². The van der Waals surface area contributed by atoms with Gasteiger partial charge in [-0.2, -0.15) is 0 Å². The monoisotopic (exact) mass is 642 g/mol. The first kappa shape index (κ1) is 33.7. The van der Waals surface area contributed by atoms with Gasteiger partial charge in [0.25, 0.3) is 0 Å². The predicted molar refractivity (Wildman–Crippen MR) is 154 cm³/mol. The van der Waals surface area contributed by atoms with Crippen LogP contribution in [0.5, 0.6) is 0 Å². The summed E-state index contributed by atoms with van der Waals surface area (Å²) in [5, 5.41) is 83.1. The number of hydrogen-bond donors (Lipinski definition) is 8. The molecule has 45 heavy (non-hydrogen) atoms. The molecular formula is C32H50O13. The average molecular weight is 643 g/mol. The van der Waals surface area contributed by atoms with Gasteiger partial charge in [-0.05, 0) is 86.5 Å². The van der Waals surface area contributed by atoms with E-state index >= 15 is 0 Å². The van der Waals surface area contributed by atoms with Gasteiger partial charge in [-0.3, -0.25) is 4.79 Å².